The Morgan fingerprint density at radius 1 is 0.904 bits per heavy atom. The SMILES string of the molecule is CC[Si](CC)(CC)O[C@H](CCCCOCc1ccccc1)[C@H](C)[C@@H](O)CC(=O)[C@@H](OCc1ccccc1)[C@@H]1OC=C[C@H](O[Si](C)(C)C(C)(C)C)[C@H]1C. The van der Waals surface area contributed by atoms with E-state index in [4.69, 9.17) is 23.1 Å². The van der Waals surface area contributed by atoms with Crippen molar-refractivity contribution in [2.24, 2.45) is 11.8 Å². The van der Waals surface area contributed by atoms with Crippen LogP contribution < -0.4 is 0 Å². The number of ether oxygens (including phenoxy) is 3. The highest BCUT2D eigenvalue weighted by Gasteiger charge is 2.45. The Bertz CT molecular complexity index is 1320. The Labute approximate surface area is 318 Å². The van der Waals surface area contributed by atoms with E-state index in [0.29, 0.717) is 13.2 Å². The lowest BCUT2D eigenvalue weighted by atomic mass is 9.86. The van der Waals surface area contributed by atoms with Gasteiger partial charge in [0, 0.05) is 24.9 Å². The third-order valence-corrected chi connectivity index (χ3v) is 20.9. The number of aliphatic hydroxyl groups excluding tert-OH is 1. The first-order valence-electron chi connectivity index (χ1n) is 19.8. The number of carbonyl (C=O) groups excluding carboxylic acids is 1. The van der Waals surface area contributed by atoms with Crippen LogP contribution in [0.5, 0.6) is 0 Å². The fourth-order valence-electron chi connectivity index (χ4n) is 6.66. The van der Waals surface area contributed by atoms with Crippen molar-refractivity contribution in [3.63, 3.8) is 0 Å². The van der Waals surface area contributed by atoms with Crippen LogP contribution in [0.25, 0.3) is 0 Å². The number of hydrogen-bond acceptors (Lipinski definition) is 7. The summed E-state index contributed by atoms with van der Waals surface area (Å²) < 4.78 is 32.5. The molecule has 0 radical (unpaired) electrons. The van der Waals surface area contributed by atoms with Crippen molar-refractivity contribution in [1.29, 1.82) is 0 Å². The molecule has 1 N–H and O–H groups in total. The summed E-state index contributed by atoms with van der Waals surface area (Å²) in [7, 11) is -4.09. The number of unbranched alkanes of at least 4 members (excludes halogenated alkanes) is 1. The van der Waals surface area contributed by atoms with Gasteiger partial charge in [0.2, 0.25) is 0 Å². The minimum Gasteiger partial charge on any atom is -0.495 e. The molecular formula is C43H70O7Si2. The van der Waals surface area contributed by atoms with E-state index in [-0.39, 0.29) is 47.9 Å². The average Bonchev–Trinajstić information content (AvgIpc) is 3.12. The fraction of sp³-hybridized carbons (Fsp3) is 0.651. The molecule has 1 heterocycles. The van der Waals surface area contributed by atoms with Crippen LogP contribution in [0.15, 0.2) is 73.0 Å². The maximum absolute atomic E-state index is 14.3. The maximum atomic E-state index is 14.3. The van der Waals surface area contributed by atoms with Crippen molar-refractivity contribution in [2.45, 2.75) is 161 Å². The van der Waals surface area contributed by atoms with Crippen LogP contribution in [0, 0.1) is 11.8 Å². The molecule has 0 bridgehead atoms. The molecule has 9 heteroatoms. The van der Waals surface area contributed by atoms with Crippen molar-refractivity contribution in [3.05, 3.63) is 84.1 Å². The molecule has 0 saturated carbocycles. The molecule has 292 valence electrons. The fourth-order valence-corrected chi connectivity index (χ4v) is 11.0. The largest absolute Gasteiger partial charge is 0.495 e. The van der Waals surface area contributed by atoms with E-state index in [1.54, 1.807) is 6.26 Å². The first-order chi connectivity index (χ1) is 24.7. The van der Waals surface area contributed by atoms with Crippen molar-refractivity contribution in [3.8, 4) is 0 Å². The zero-order valence-electron chi connectivity index (χ0n) is 33.9. The first-order valence-corrected chi connectivity index (χ1v) is 25.3. The minimum absolute atomic E-state index is 0.0369. The number of Topliss-reactive ketones (excluding diaryl/α,β-unsaturated/α-hetero) is 1. The molecule has 0 spiro atoms. The molecule has 1 aliphatic heterocycles. The third-order valence-electron chi connectivity index (χ3n) is 11.7. The monoisotopic (exact) mass is 754 g/mol. The van der Waals surface area contributed by atoms with E-state index in [1.165, 1.54) is 5.56 Å². The number of ketones is 1. The predicted octanol–water partition coefficient (Wildman–Crippen LogP) is 10.2. The molecule has 3 rings (SSSR count). The van der Waals surface area contributed by atoms with E-state index in [1.807, 2.05) is 61.5 Å². The zero-order chi connectivity index (χ0) is 38.4. The van der Waals surface area contributed by atoms with E-state index >= 15 is 0 Å². The zero-order valence-corrected chi connectivity index (χ0v) is 35.9. The number of benzene rings is 2. The van der Waals surface area contributed by atoms with Gasteiger partial charge >= 0.3 is 0 Å². The lowest BCUT2D eigenvalue weighted by Crippen LogP contribution is -2.52. The van der Waals surface area contributed by atoms with E-state index in [2.05, 4.69) is 73.7 Å². The molecule has 0 fully saturated rings. The molecule has 7 atom stereocenters. The third kappa shape index (κ3) is 13.0. The Balaban J connectivity index is 1.75. The van der Waals surface area contributed by atoms with Gasteiger partial charge in [-0.3, -0.25) is 4.79 Å². The Kier molecular flexibility index (Phi) is 18.0. The minimum atomic E-state index is -2.11. The number of aliphatic hydroxyl groups is 1. The van der Waals surface area contributed by atoms with Gasteiger partial charge in [0.1, 0.15) is 6.10 Å². The highest BCUT2D eigenvalue weighted by molar-refractivity contribution is 6.74. The van der Waals surface area contributed by atoms with Gasteiger partial charge in [0.15, 0.2) is 28.5 Å². The molecule has 0 aliphatic carbocycles. The summed E-state index contributed by atoms with van der Waals surface area (Å²) in [4.78, 5) is 14.3. The summed E-state index contributed by atoms with van der Waals surface area (Å²) >= 11 is 0. The number of hydrogen-bond donors (Lipinski definition) is 1. The molecule has 2 aromatic rings. The van der Waals surface area contributed by atoms with Gasteiger partial charge in [-0.05, 0) is 72.7 Å². The summed E-state index contributed by atoms with van der Waals surface area (Å²) in [6.45, 7) is 23.5. The Morgan fingerprint density at radius 2 is 1.48 bits per heavy atom. The maximum Gasteiger partial charge on any atom is 0.192 e. The van der Waals surface area contributed by atoms with Gasteiger partial charge in [-0.1, -0.05) is 116 Å². The van der Waals surface area contributed by atoms with Crippen molar-refractivity contribution in [2.75, 3.05) is 6.61 Å². The quantitative estimate of drug-likeness (QED) is 0.0893. The van der Waals surface area contributed by atoms with Crippen LogP contribution in [-0.4, -0.2) is 64.7 Å². The molecule has 7 nitrogen and oxygen atoms in total. The van der Waals surface area contributed by atoms with Crippen LogP contribution in [-0.2, 0) is 41.1 Å². The molecule has 0 unspecified atom stereocenters. The molecule has 2 aromatic carbocycles. The number of rotatable bonds is 23. The second-order valence-corrected chi connectivity index (χ2v) is 25.9. The van der Waals surface area contributed by atoms with Crippen LogP contribution in [0.3, 0.4) is 0 Å². The van der Waals surface area contributed by atoms with Crippen LogP contribution in [0.1, 0.15) is 92.2 Å². The van der Waals surface area contributed by atoms with Crippen molar-refractivity contribution >= 4 is 22.4 Å². The average molecular weight is 755 g/mol. The van der Waals surface area contributed by atoms with Gasteiger partial charge in [-0.2, -0.15) is 0 Å². The van der Waals surface area contributed by atoms with E-state index in [9.17, 15) is 9.90 Å². The highest BCUT2D eigenvalue weighted by atomic mass is 28.4. The molecule has 0 amide bonds. The summed E-state index contributed by atoms with van der Waals surface area (Å²) in [6.07, 6.45) is 3.57. The topological polar surface area (TPSA) is 83.5 Å². The molecular weight excluding hydrogens is 685 g/mol. The summed E-state index contributed by atoms with van der Waals surface area (Å²) in [6, 6.07) is 23.2. The molecule has 0 aromatic heterocycles. The normalized spacial score (nSPS) is 20.6. The standard InChI is InChI=1S/C43H70O7Si2/c1-11-52(12-2,13-3)50-39(26-20-21-28-46-31-35-22-16-14-17-23-35)33(4)37(44)30-38(45)42(48-32-36-24-18-15-19-25-36)41-34(5)40(27-29-47-41)49-51(9,10)43(6,7)8/h14-19,22-25,27,29,33-34,37,39-42,44H,11-13,20-21,26,28,30-32H2,1-10H3/t33-,34-,37+,39-,40+,41-,42-/m1/s1. The van der Waals surface area contributed by atoms with Crippen molar-refractivity contribution in [1.82, 2.24) is 0 Å². The van der Waals surface area contributed by atoms with Crippen LogP contribution >= 0.6 is 0 Å². The Morgan fingerprint density at radius 3 is 2.04 bits per heavy atom. The Hall–Kier alpha value is -2.12. The van der Waals surface area contributed by atoms with Gasteiger partial charge in [0.25, 0.3) is 0 Å². The summed E-state index contributed by atoms with van der Waals surface area (Å²) in [5, 5.41) is 11.8. The first kappa shape index (κ1) is 44.3. The second-order valence-electron chi connectivity index (χ2n) is 16.4. The molecule has 1 aliphatic rings. The summed E-state index contributed by atoms with van der Waals surface area (Å²) in [5.41, 5.74) is 2.15. The van der Waals surface area contributed by atoms with Gasteiger partial charge < -0.3 is 28.2 Å². The van der Waals surface area contributed by atoms with E-state index in [0.717, 1.165) is 43.0 Å². The van der Waals surface area contributed by atoms with Crippen molar-refractivity contribution < 1.29 is 33.0 Å². The number of carbonyl (C=O) groups is 1. The van der Waals surface area contributed by atoms with Gasteiger partial charge in [0.05, 0.1) is 37.8 Å². The molecule has 52 heavy (non-hydrogen) atoms. The lowest BCUT2D eigenvalue weighted by Gasteiger charge is -2.43. The van der Waals surface area contributed by atoms with Crippen LogP contribution in [0.4, 0.5) is 0 Å². The smallest absolute Gasteiger partial charge is 0.192 e. The van der Waals surface area contributed by atoms with E-state index < -0.39 is 34.9 Å². The van der Waals surface area contributed by atoms with Crippen LogP contribution in [0.2, 0.25) is 36.3 Å². The highest BCUT2D eigenvalue weighted by Crippen LogP contribution is 2.40. The van der Waals surface area contributed by atoms with Gasteiger partial charge in [-0.25, -0.2) is 0 Å². The summed E-state index contributed by atoms with van der Waals surface area (Å²) in [5.74, 6) is -0.532. The lowest BCUT2D eigenvalue weighted by molar-refractivity contribution is -0.150. The second kappa shape index (κ2) is 21.1. The van der Waals surface area contributed by atoms with Gasteiger partial charge in [-0.15, -0.1) is 0 Å². The molecule has 0 saturated heterocycles. The predicted molar refractivity (Wildman–Crippen MR) is 217 cm³/mol.